The first-order valence-corrected chi connectivity index (χ1v) is 15.7. The lowest BCUT2D eigenvalue weighted by Crippen LogP contribution is -2.46. The van der Waals surface area contributed by atoms with Crippen molar-refractivity contribution < 1.29 is 4.48 Å². The van der Waals surface area contributed by atoms with Gasteiger partial charge in [-0.1, -0.05) is 136 Å². The van der Waals surface area contributed by atoms with E-state index in [9.17, 15) is 0 Å². The highest BCUT2D eigenvalue weighted by atomic mass is 15.4. The molecule has 1 aliphatic rings. The SMILES string of the molecule is CCCCCCCCCCCCCCCC[N+]1(CCCCCCCCCCC)CCCC1. The maximum Gasteiger partial charge on any atom is 0.0788 e. The molecule has 1 aliphatic heterocycles. The third kappa shape index (κ3) is 17.4. The average Bonchev–Trinajstić information content (AvgIpc) is 3.27. The maximum atomic E-state index is 2.32. The van der Waals surface area contributed by atoms with E-state index in [2.05, 4.69) is 13.8 Å². The van der Waals surface area contributed by atoms with E-state index in [4.69, 9.17) is 0 Å². The van der Waals surface area contributed by atoms with E-state index in [0.717, 1.165) is 0 Å². The van der Waals surface area contributed by atoms with Crippen molar-refractivity contribution >= 4 is 0 Å². The summed E-state index contributed by atoms with van der Waals surface area (Å²) in [5.41, 5.74) is 0. The molecule has 0 aromatic carbocycles. The van der Waals surface area contributed by atoms with E-state index in [-0.39, 0.29) is 0 Å². The van der Waals surface area contributed by atoms with Crippen LogP contribution in [0.1, 0.15) is 174 Å². The summed E-state index contributed by atoms with van der Waals surface area (Å²) in [5, 5.41) is 0. The van der Waals surface area contributed by atoms with Crippen molar-refractivity contribution in [2.24, 2.45) is 0 Å². The molecule has 0 aromatic heterocycles. The minimum Gasteiger partial charge on any atom is -0.324 e. The third-order valence-electron chi connectivity index (χ3n) is 8.24. The lowest BCUT2D eigenvalue weighted by Gasteiger charge is -2.34. The second-order valence-electron chi connectivity index (χ2n) is 11.4. The van der Waals surface area contributed by atoms with Crippen LogP contribution in [0.15, 0.2) is 0 Å². The summed E-state index contributed by atoms with van der Waals surface area (Å²) in [6.45, 7) is 10.6. The first-order valence-electron chi connectivity index (χ1n) is 15.7. The molecule has 1 heteroatoms. The maximum absolute atomic E-state index is 2.32. The molecule has 0 bridgehead atoms. The molecular formula is C31H64N+. The van der Waals surface area contributed by atoms with E-state index in [1.807, 2.05) is 0 Å². The molecule has 0 unspecified atom stereocenters. The molecule has 1 saturated heterocycles. The lowest BCUT2D eigenvalue weighted by atomic mass is 10.0. The van der Waals surface area contributed by atoms with E-state index >= 15 is 0 Å². The van der Waals surface area contributed by atoms with Crippen LogP contribution in [0.3, 0.4) is 0 Å². The Kier molecular flexibility index (Phi) is 21.3. The number of unbranched alkanes of at least 4 members (excludes halogenated alkanes) is 21. The van der Waals surface area contributed by atoms with Gasteiger partial charge in [0.25, 0.3) is 0 Å². The summed E-state index contributed by atoms with van der Waals surface area (Å²) in [6, 6.07) is 0. The number of likely N-dealkylation sites (tertiary alicyclic amines) is 1. The zero-order valence-electron chi connectivity index (χ0n) is 23.0. The molecule has 0 aliphatic carbocycles. The van der Waals surface area contributed by atoms with Gasteiger partial charge in [-0.05, 0) is 25.7 Å². The van der Waals surface area contributed by atoms with Crippen LogP contribution in [-0.4, -0.2) is 30.7 Å². The smallest absolute Gasteiger partial charge is 0.0788 e. The van der Waals surface area contributed by atoms with E-state index in [1.54, 1.807) is 0 Å². The minimum absolute atomic E-state index is 1.37. The van der Waals surface area contributed by atoms with Gasteiger partial charge in [-0.25, -0.2) is 0 Å². The number of rotatable bonds is 25. The minimum atomic E-state index is 1.37. The molecule has 1 nitrogen and oxygen atoms in total. The molecule has 32 heavy (non-hydrogen) atoms. The van der Waals surface area contributed by atoms with E-state index in [0.29, 0.717) is 0 Å². The number of nitrogens with zero attached hydrogens (tertiary/aromatic N) is 1. The van der Waals surface area contributed by atoms with Gasteiger partial charge in [0.05, 0.1) is 26.2 Å². The fraction of sp³-hybridized carbons (Fsp3) is 1.00. The normalized spacial score (nSPS) is 15.6. The summed E-state index contributed by atoms with van der Waals surface area (Å²) in [5.74, 6) is 0. The molecule has 192 valence electrons. The van der Waals surface area contributed by atoms with Gasteiger partial charge >= 0.3 is 0 Å². The van der Waals surface area contributed by atoms with Gasteiger partial charge < -0.3 is 4.48 Å². The van der Waals surface area contributed by atoms with Gasteiger partial charge in [0.15, 0.2) is 0 Å². The van der Waals surface area contributed by atoms with Crippen LogP contribution >= 0.6 is 0 Å². The number of hydrogen-bond donors (Lipinski definition) is 0. The highest BCUT2D eigenvalue weighted by Gasteiger charge is 2.30. The van der Waals surface area contributed by atoms with Crippen LogP contribution in [0.25, 0.3) is 0 Å². The summed E-state index contributed by atoms with van der Waals surface area (Å²) in [7, 11) is 0. The summed E-state index contributed by atoms with van der Waals surface area (Å²) in [6.07, 6.45) is 36.9. The van der Waals surface area contributed by atoms with E-state index in [1.165, 1.54) is 191 Å². The molecule has 0 N–H and O–H groups in total. The van der Waals surface area contributed by atoms with Crippen LogP contribution in [0.4, 0.5) is 0 Å². The Hall–Kier alpha value is -0.0400. The van der Waals surface area contributed by atoms with Gasteiger partial charge in [-0.15, -0.1) is 0 Å². The monoisotopic (exact) mass is 451 g/mol. The number of quaternary nitrogens is 1. The zero-order chi connectivity index (χ0) is 23.0. The first-order chi connectivity index (χ1) is 15.8. The van der Waals surface area contributed by atoms with Gasteiger partial charge in [-0.2, -0.15) is 0 Å². The van der Waals surface area contributed by atoms with E-state index < -0.39 is 0 Å². The molecule has 0 amide bonds. The molecule has 0 radical (unpaired) electrons. The molecule has 0 atom stereocenters. The Morgan fingerprint density at radius 3 is 0.875 bits per heavy atom. The first kappa shape index (κ1) is 30.0. The third-order valence-corrected chi connectivity index (χ3v) is 8.24. The second-order valence-corrected chi connectivity index (χ2v) is 11.4. The molecule has 1 heterocycles. The van der Waals surface area contributed by atoms with Crippen molar-refractivity contribution in [2.45, 2.75) is 174 Å². The van der Waals surface area contributed by atoms with Crippen LogP contribution < -0.4 is 0 Å². The summed E-state index contributed by atoms with van der Waals surface area (Å²) >= 11 is 0. The predicted molar refractivity (Wildman–Crippen MR) is 147 cm³/mol. The predicted octanol–water partition coefficient (Wildman–Crippen LogP) is 10.6. The Morgan fingerprint density at radius 2 is 0.594 bits per heavy atom. The van der Waals surface area contributed by atoms with Gasteiger partial charge in [0.2, 0.25) is 0 Å². The largest absolute Gasteiger partial charge is 0.324 e. The van der Waals surface area contributed by atoms with Crippen LogP contribution in [-0.2, 0) is 0 Å². The molecule has 1 fully saturated rings. The fourth-order valence-corrected chi connectivity index (χ4v) is 5.96. The molecule has 0 spiro atoms. The van der Waals surface area contributed by atoms with Crippen LogP contribution in [0.2, 0.25) is 0 Å². The zero-order valence-corrected chi connectivity index (χ0v) is 23.0. The van der Waals surface area contributed by atoms with Gasteiger partial charge in [-0.3, -0.25) is 0 Å². The topological polar surface area (TPSA) is 0 Å². The quantitative estimate of drug-likeness (QED) is 0.0958. The Bertz CT molecular complexity index is 357. The average molecular weight is 451 g/mol. The summed E-state index contributed by atoms with van der Waals surface area (Å²) in [4.78, 5) is 0. The van der Waals surface area contributed by atoms with Crippen molar-refractivity contribution in [3.8, 4) is 0 Å². The van der Waals surface area contributed by atoms with Gasteiger partial charge in [0.1, 0.15) is 0 Å². The van der Waals surface area contributed by atoms with Crippen molar-refractivity contribution in [3.05, 3.63) is 0 Å². The molecule has 0 saturated carbocycles. The molecule has 0 aromatic rings. The fourth-order valence-electron chi connectivity index (χ4n) is 5.96. The molecular weight excluding hydrogens is 386 g/mol. The van der Waals surface area contributed by atoms with Crippen LogP contribution in [0, 0.1) is 0 Å². The Balaban J connectivity index is 1.90. The highest BCUT2D eigenvalue weighted by Crippen LogP contribution is 2.23. The summed E-state index contributed by atoms with van der Waals surface area (Å²) < 4.78 is 1.49. The van der Waals surface area contributed by atoms with Gasteiger partial charge in [0, 0.05) is 12.8 Å². The number of hydrogen-bond acceptors (Lipinski definition) is 0. The standard InChI is InChI=1S/C31H64N/c1-3-5-7-9-11-13-14-15-16-17-19-21-23-25-29-32(30-26-27-31-32)28-24-22-20-18-12-10-8-6-4-2/h3-31H2,1-2H3/q+1. The van der Waals surface area contributed by atoms with Crippen molar-refractivity contribution in [1.82, 2.24) is 0 Å². The Labute approximate surface area is 205 Å². The second kappa shape index (κ2) is 22.7. The van der Waals surface area contributed by atoms with Crippen molar-refractivity contribution in [1.29, 1.82) is 0 Å². The molecule has 1 rings (SSSR count). The highest BCUT2D eigenvalue weighted by molar-refractivity contribution is 4.58. The van der Waals surface area contributed by atoms with Crippen LogP contribution in [0.5, 0.6) is 0 Å². The van der Waals surface area contributed by atoms with Crippen molar-refractivity contribution in [2.75, 3.05) is 26.2 Å². The Morgan fingerprint density at radius 1 is 0.344 bits per heavy atom. The van der Waals surface area contributed by atoms with Crippen molar-refractivity contribution in [3.63, 3.8) is 0 Å². The lowest BCUT2D eigenvalue weighted by molar-refractivity contribution is -0.917.